The fourth-order valence-corrected chi connectivity index (χ4v) is 2.67. The highest BCUT2D eigenvalue weighted by molar-refractivity contribution is 5.21. The molecule has 5 nitrogen and oxygen atoms in total. The van der Waals surface area contributed by atoms with Crippen molar-refractivity contribution in [3.63, 3.8) is 0 Å². The lowest BCUT2D eigenvalue weighted by Crippen LogP contribution is -2.35. The lowest BCUT2D eigenvalue weighted by Gasteiger charge is -2.18. The minimum absolute atomic E-state index is 0.192. The zero-order valence-electron chi connectivity index (χ0n) is 9.55. The Labute approximate surface area is 94.2 Å². The normalized spacial score (nSPS) is 29.3. The van der Waals surface area contributed by atoms with Gasteiger partial charge in [0.2, 0.25) is 0 Å². The SMILES string of the molecule is CC1Cc2c([nH]n(C3CCNC3)c2=O)CN1. The van der Waals surface area contributed by atoms with Crippen molar-refractivity contribution in [3.05, 3.63) is 21.6 Å². The molecule has 0 radical (unpaired) electrons. The van der Waals surface area contributed by atoms with Crippen LogP contribution < -0.4 is 16.2 Å². The zero-order chi connectivity index (χ0) is 11.1. The minimum Gasteiger partial charge on any atom is -0.315 e. The van der Waals surface area contributed by atoms with E-state index in [0.29, 0.717) is 12.1 Å². The summed E-state index contributed by atoms with van der Waals surface area (Å²) in [6.07, 6.45) is 1.89. The highest BCUT2D eigenvalue weighted by Gasteiger charge is 2.25. The molecule has 0 spiro atoms. The number of rotatable bonds is 1. The second-order valence-electron chi connectivity index (χ2n) is 4.88. The molecule has 3 heterocycles. The van der Waals surface area contributed by atoms with Crippen molar-refractivity contribution in [2.75, 3.05) is 13.1 Å². The number of H-pyrrole nitrogens is 1. The van der Waals surface area contributed by atoms with E-state index in [-0.39, 0.29) is 5.56 Å². The van der Waals surface area contributed by atoms with Gasteiger partial charge < -0.3 is 10.6 Å². The fraction of sp³-hybridized carbons (Fsp3) is 0.727. The second kappa shape index (κ2) is 3.75. The average molecular weight is 222 g/mol. The highest BCUT2D eigenvalue weighted by Crippen LogP contribution is 2.16. The summed E-state index contributed by atoms with van der Waals surface area (Å²) in [5.41, 5.74) is 2.25. The third-order valence-electron chi connectivity index (χ3n) is 3.63. The van der Waals surface area contributed by atoms with Crippen LogP contribution in [0.25, 0.3) is 0 Å². The van der Waals surface area contributed by atoms with Crippen LogP contribution >= 0.6 is 0 Å². The Hall–Kier alpha value is -1.07. The molecule has 0 aromatic carbocycles. The van der Waals surface area contributed by atoms with E-state index in [0.717, 1.165) is 43.7 Å². The van der Waals surface area contributed by atoms with Crippen molar-refractivity contribution in [2.45, 2.75) is 38.4 Å². The van der Waals surface area contributed by atoms with E-state index in [4.69, 9.17) is 0 Å². The summed E-state index contributed by atoms with van der Waals surface area (Å²) in [6, 6.07) is 0.722. The van der Waals surface area contributed by atoms with Crippen LogP contribution in [0.15, 0.2) is 4.79 Å². The molecule has 0 saturated carbocycles. The van der Waals surface area contributed by atoms with Gasteiger partial charge in [-0.15, -0.1) is 0 Å². The number of aromatic nitrogens is 2. The Morgan fingerprint density at radius 3 is 3.06 bits per heavy atom. The van der Waals surface area contributed by atoms with Crippen molar-refractivity contribution in [2.24, 2.45) is 0 Å². The van der Waals surface area contributed by atoms with Gasteiger partial charge in [-0.2, -0.15) is 0 Å². The van der Waals surface area contributed by atoms with Crippen LogP contribution in [0, 0.1) is 0 Å². The molecule has 0 aliphatic carbocycles. The van der Waals surface area contributed by atoms with Gasteiger partial charge in [0.05, 0.1) is 11.7 Å². The maximum absolute atomic E-state index is 12.2. The van der Waals surface area contributed by atoms with Crippen LogP contribution in [0.1, 0.15) is 30.6 Å². The first-order valence-electron chi connectivity index (χ1n) is 6.02. The van der Waals surface area contributed by atoms with E-state index in [1.165, 1.54) is 0 Å². The first-order valence-corrected chi connectivity index (χ1v) is 6.02. The zero-order valence-corrected chi connectivity index (χ0v) is 9.55. The summed E-state index contributed by atoms with van der Waals surface area (Å²) in [5.74, 6) is 0. The molecule has 88 valence electrons. The average Bonchev–Trinajstić information content (AvgIpc) is 2.87. The van der Waals surface area contributed by atoms with E-state index in [2.05, 4.69) is 22.7 Å². The molecule has 1 saturated heterocycles. The van der Waals surface area contributed by atoms with E-state index >= 15 is 0 Å². The first kappa shape index (κ1) is 10.1. The van der Waals surface area contributed by atoms with Gasteiger partial charge >= 0.3 is 0 Å². The van der Waals surface area contributed by atoms with E-state index in [1.807, 2.05) is 4.68 Å². The lowest BCUT2D eigenvalue weighted by molar-refractivity contribution is 0.469. The number of nitrogens with zero attached hydrogens (tertiary/aromatic N) is 1. The van der Waals surface area contributed by atoms with Crippen LogP contribution in [0.2, 0.25) is 0 Å². The summed E-state index contributed by atoms with van der Waals surface area (Å²) in [7, 11) is 0. The number of aromatic amines is 1. The van der Waals surface area contributed by atoms with Crippen LogP contribution in [0.3, 0.4) is 0 Å². The highest BCUT2D eigenvalue weighted by atomic mass is 16.1. The molecule has 0 bridgehead atoms. The van der Waals surface area contributed by atoms with Crippen molar-refractivity contribution in [3.8, 4) is 0 Å². The number of hydrogen-bond donors (Lipinski definition) is 3. The molecule has 2 unspecified atom stereocenters. The molecular formula is C11H18N4O. The quantitative estimate of drug-likeness (QED) is 0.614. The van der Waals surface area contributed by atoms with Crippen molar-refractivity contribution < 1.29 is 0 Å². The monoisotopic (exact) mass is 222 g/mol. The topological polar surface area (TPSA) is 61.9 Å². The van der Waals surface area contributed by atoms with E-state index in [1.54, 1.807) is 0 Å². The fourth-order valence-electron chi connectivity index (χ4n) is 2.67. The van der Waals surface area contributed by atoms with Crippen molar-refractivity contribution in [1.82, 2.24) is 20.4 Å². The summed E-state index contributed by atoms with van der Waals surface area (Å²) >= 11 is 0. The van der Waals surface area contributed by atoms with E-state index in [9.17, 15) is 4.79 Å². The summed E-state index contributed by atoms with van der Waals surface area (Å²) in [5, 5.41) is 9.93. The molecule has 2 aliphatic heterocycles. The van der Waals surface area contributed by atoms with Gasteiger partial charge in [-0.3, -0.25) is 9.89 Å². The number of fused-ring (bicyclic) bond motifs is 1. The molecule has 2 aliphatic rings. The summed E-state index contributed by atoms with van der Waals surface area (Å²) in [4.78, 5) is 12.2. The standard InChI is InChI=1S/C11H18N4O/c1-7-4-9-10(6-13-7)14-15(11(9)16)8-2-3-12-5-8/h7-8,12-14H,2-6H2,1H3. The van der Waals surface area contributed by atoms with Crippen molar-refractivity contribution >= 4 is 0 Å². The smallest absolute Gasteiger partial charge is 0.270 e. The largest absolute Gasteiger partial charge is 0.315 e. The molecule has 16 heavy (non-hydrogen) atoms. The predicted molar refractivity (Wildman–Crippen MR) is 61.6 cm³/mol. The Morgan fingerprint density at radius 2 is 2.31 bits per heavy atom. The van der Waals surface area contributed by atoms with Crippen LogP contribution in [0.4, 0.5) is 0 Å². The van der Waals surface area contributed by atoms with Gasteiger partial charge in [0, 0.05) is 24.7 Å². The molecule has 0 amide bonds. The van der Waals surface area contributed by atoms with Gasteiger partial charge in [-0.25, -0.2) is 4.68 Å². The third kappa shape index (κ3) is 1.51. The Balaban J connectivity index is 1.98. The van der Waals surface area contributed by atoms with Gasteiger partial charge in [-0.1, -0.05) is 0 Å². The number of nitrogens with one attached hydrogen (secondary N) is 3. The maximum atomic E-state index is 12.2. The van der Waals surface area contributed by atoms with Gasteiger partial charge in [0.25, 0.3) is 5.56 Å². The van der Waals surface area contributed by atoms with Crippen molar-refractivity contribution in [1.29, 1.82) is 0 Å². The summed E-state index contributed by atoms with van der Waals surface area (Å²) in [6.45, 7) is 4.83. The lowest BCUT2D eigenvalue weighted by atomic mass is 10.0. The predicted octanol–water partition coefficient (Wildman–Crippen LogP) is -0.255. The Kier molecular flexibility index (Phi) is 2.37. The van der Waals surface area contributed by atoms with Crippen LogP contribution in [-0.2, 0) is 13.0 Å². The Bertz CT molecular complexity index is 441. The number of hydrogen-bond acceptors (Lipinski definition) is 3. The molecule has 3 rings (SSSR count). The van der Waals surface area contributed by atoms with Gasteiger partial charge in [0.15, 0.2) is 0 Å². The van der Waals surface area contributed by atoms with E-state index < -0.39 is 0 Å². The molecule has 1 aromatic rings. The Morgan fingerprint density at radius 1 is 1.44 bits per heavy atom. The molecular weight excluding hydrogens is 204 g/mol. The third-order valence-corrected chi connectivity index (χ3v) is 3.63. The molecule has 1 fully saturated rings. The van der Waals surface area contributed by atoms with Crippen LogP contribution in [0.5, 0.6) is 0 Å². The van der Waals surface area contributed by atoms with Crippen LogP contribution in [-0.4, -0.2) is 28.9 Å². The first-order chi connectivity index (χ1) is 7.75. The second-order valence-corrected chi connectivity index (χ2v) is 4.88. The molecule has 3 N–H and O–H groups in total. The molecule has 2 atom stereocenters. The summed E-state index contributed by atoms with van der Waals surface area (Å²) < 4.78 is 1.82. The molecule has 5 heteroatoms. The molecule has 1 aromatic heterocycles. The maximum Gasteiger partial charge on any atom is 0.270 e. The van der Waals surface area contributed by atoms with Gasteiger partial charge in [0.1, 0.15) is 0 Å². The van der Waals surface area contributed by atoms with Gasteiger partial charge in [-0.05, 0) is 26.3 Å². The minimum atomic E-state index is 0.192.